The average molecular weight is 410 g/mol. The predicted octanol–water partition coefficient (Wildman–Crippen LogP) is 6.23. The van der Waals surface area contributed by atoms with Crippen LogP contribution in [0, 0.1) is 5.82 Å². The van der Waals surface area contributed by atoms with Crippen molar-refractivity contribution in [3.05, 3.63) is 94.1 Å². The lowest BCUT2D eigenvalue weighted by Gasteiger charge is -2.24. The van der Waals surface area contributed by atoms with Gasteiger partial charge in [-0.05, 0) is 64.9 Å². The van der Waals surface area contributed by atoms with E-state index in [2.05, 4.69) is 36.2 Å². The minimum Gasteiger partial charge on any atom is -0.478 e. The lowest BCUT2D eigenvalue weighted by molar-refractivity contribution is 0.0696. The molecule has 2 N–H and O–H groups in total. The van der Waals surface area contributed by atoms with Gasteiger partial charge in [-0.2, -0.15) is 0 Å². The first-order chi connectivity index (χ1) is 14.0. The number of halogens is 1. The number of nitrogens with one attached hydrogen (secondary N) is 1. The van der Waals surface area contributed by atoms with Crippen LogP contribution >= 0.6 is 11.3 Å². The van der Waals surface area contributed by atoms with Crippen LogP contribution in [-0.4, -0.2) is 18.1 Å². The molecule has 0 spiro atoms. The van der Waals surface area contributed by atoms with Gasteiger partial charge in [-0.25, -0.2) is 9.18 Å². The molecule has 0 amide bonds. The van der Waals surface area contributed by atoms with Gasteiger partial charge in [-0.3, -0.25) is 0 Å². The van der Waals surface area contributed by atoms with Gasteiger partial charge < -0.3 is 10.4 Å². The highest BCUT2D eigenvalue weighted by molar-refractivity contribution is 7.14. The van der Waals surface area contributed by atoms with E-state index in [0.29, 0.717) is 11.5 Å². The summed E-state index contributed by atoms with van der Waals surface area (Å²) in [6.45, 7) is 3.54. The van der Waals surface area contributed by atoms with Gasteiger partial charge in [-0.1, -0.05) is 49.1 Å². The SMILES string of the molecule is C=Cc1ccc(F)cc1.CNc1scc(C2CCc3ccccc3C2)c1C(=O)O. The first-order valence-electron chi connectivity index (χ1n) is 9.50. The summed E-state index contributed by atoms with van der Waals surface area (Å²) in [5.74, 6) is -0.723. The summed E-state index contributed by atoms with van der Waals surface area (Å²) in [7, 11) is 1.78. The number of aromatic carboxylic acids is 1. The fourth-order valence-electron chi connectivity index (χ4n) is 3.64. The first kappa shape index (κ1) is 20.8. The molecule has 3 nitrogen and oxygen atoms in total. The third-order valence-electron chi connectivity index (χ3n) is 5.15. The summed E-state index contributed by atoms with van der Waals surface area (Å²) in [5, 5.41) is 15.2. The Morgan fingerprint density at radius 2 is 1.90 bits per heavy atom. The van der Waals surface area contributed by atoms with Crippen molar-refractivity contribution in [2.75, 3.05) is 12.4 Å². The Kier molecular flexibility index (Phi) is 6.83. The number of carboxylic acid groups (broad SMARTS) is 1. The molecule has 0 aliphatic heterocycles. The van der Waals surface area contributed by atoms with Crippen LogP contribution in [0.4, 0.5) is 9.39 Å². The zero-order valence-electron chi connectivity index (χ0n) is 16.3. The molecule has 29 heavy (non-hydrogen) atoms. The number of aryl methyl sites for hydroxylation is 1. The number of hydrogen-bond donors (Lipinski definition) is 2. The molecule has 4 rings (SSSR count). The molecule has 0 bridgehead atoms. The van der Waals surface area contributed by atoms with Gasteiger partial charge in [0.25, 0.3) is 0 Å². The Bertz CT molecular complexity index is 994. The van der Waals surface area contributed by atoms with Crippen LogP contribution in [0.25, 0.3) is 6.08 Å². The Labute approximate surface area is 174 Å². The van der Waals surface area contributed by atoms with Gasteiger partial charge in [0.2, 0.25) is 0 Å². The molecule has 150 valence electrons. The molecule has 1 aliphatic rings. The van der Waals surface area contributed by atoms with Crippen LogP contribution in [0.15, 0.2) is 60.5 Å². The van der Waals surface area contributed by atoms with Gasteiger partial charge >= 0.3 is 5.97 Å². The molecular formula is C24H24FNO2S. The Hall–Kier alpha value is -2.92. The maximum atomic E-state index is 12.2. The van der Waals surface area contributed by atoms with Crippen LogP contribution in [0.3, 0.4) is 0 Å². The number of benzene rings is 2. The summed E-state index contributed by atoms with van der Waals surface area (Å²) in [5.41, 5.74) is 5.15. The highest BCUT2D eigenvalue weighted by atomic mass is 32.1. The summed E-state index contributed by atoms with van der Waals surface area (Å²) in [6.07, 6.45) is 4.68. The molecule has 0 fully saturated rings. The molecule has 1 atom stereocenters. The topological polar surface area (TPSA) is 49.3 Å². The highest BCUT2D eigenvalue weighted by Gasteiger charge is 2.27. The average Bonchev–Trinajstić information content (AvgIpc) is 3.19. The maximum absolute atomic E-state index is 12.2. The minimum absolute atomic E-state index is 0.208. The Balaban J connectivity index is 0.000000224. The number of fused-ring (bicyclic) bond motifs is 1. The van der Waals surface area contributed by atoms with Crippen LogP contribution in [0.2, 0.25) is 0 Å². The van der Waals surface area contributed by atoms with Crippen molar-refractivity contribution in [2.45, 2.75) is 25.2 Å². The normalized spacial score (nSPS) is 14.9. The Morgan fingerprint density at radius 3 is 2.52 bits per heavy atom. The van der Waals surface area contributed by atoms with E-state index >= 15 is 0 Å². The van der Waals surface area contributed by atoms with E-state index in [4.69, 9.17) is 0 Å². The monoisotopic (exact) mass is 409 g/mol. The van der Waals surface area contributed by atoms with Gasteiger partial charge in [0.15, 0.2) is 0 Å². The molecular weight excluding hydrogens is 385 g/mol. The van der Waals surface area contributed by atoms with E-state index in [-0.39, 0.29) is 5.82 Å². The minimum atomic E-state index is -0.829. The summed E-state index contributed by atoms with van der Waals surface area (Å²) in [4.78, 5) is 11.5. The predicted molar refractivity (Wildman–Crippen MR) is 119 cm³/mol. The molecule has 2 aromatic carbocycles. The standard InChI is InChI=1S/C16H17NO2S.C8H7F/c1-17-15-14(16(18)19)13(9-20-15)12-7-6-10-4-2-3-5-11(10)8-12;1-2-7-3-5-8(9)6-4-7/h2-5,9,12,17H,6-8H2,1H3,(H,18,19);2-6H,1H2. The van der Waals surface area contributed by atoms with E-state index in [0.717, 1.165) is 35.4 Å². The molecule has 1 aromatic heterocycles. The third kappa shape index (κ3) is 4.93. The second kappa shape index (κ2) is 9.52. The van der Waals surface area contributed by atoms with Gasteiger partial charge in [0, 0.05) is 7.05 Å². The van der Waals surface area contributed by atoms with E-state index < -0.39 is 5.97 Å². The van der Waals surface area contributed by atoms with Crippen molar-refractivity contribution in [1.82, 2.24) is 0 Å². The number of hydrogen-bond acceptors (Lipinski definition) is 3. The van der Waals surface area contributed by atoms with E-state index in [1.807, 2.05) is 5.38 Å². The van der Waals surface area contributed by atoms with Crippen molar-refractivity contribution < 1.29 is 14.3 Å². The number of rotatable bonds is 4. The quantitative estimate of drug-likeness (QED) is 0.537. The van der Waals surface area contributed by atoms with E-state index in [1.54, 1.807) is 25.3 Å². The zero-order chi connectivity index (χ0) is 20.8. The van der Waals surface area contributed by atoms with Gasteiger partial charge in [0.05, 0.1) is 5.56 Å². The van der Waals surface area contributed by atoms with Crippen LogP contribution in [0.5, 0.6) is 0 Å². The van der Waals surface area contributed by atoms with Crippen molar-refractivity contribution in [2.24, 2.45) is 0 Å². The summed E-state index contributed by atoms with van der Waals surface area (Å²) >= 11 is 1.49. The molecule has 1 heterocycles. The highest BCUT2D eigenvalue weighted by Crippen LogP contribution is 2.39. The molecule has 0 saturated heterocycles. The third-order valence-corrected chi connectivity index (χ3v) is 6.17. The van der Waals surface area contributed by atoms with Crippen LogP contribution in [-0.2, 0) is 12.8 Å². The number of carboxylic acids is 1. The molecule has 1 unspecified atom stereocenters. The number of thiophene rings is 1. The van der Waals surface area contributed by atoms with Crippen LogP contribution in [0.1, 0.15) is 45.0 Å². The van der Waals surface area contributed by atoms with Crippen molar-refractivity contribution in [3.8, 4) is 0 Å². The zero-order valence-corrected chi connectivity index (χ0v) is 17.1. The fourth-order valence-corrected chi connectivity index (χ4v) is 4.63. The lowest BCUT2D eigenvalue weighted by atomic mass is 9.80. The molecule has 0 radical (unpaired) electrons. The van der Waals surface area contributed by atoms with Gasteiger partial charge in [0.1, 0.15) is 10.8 Å². The molecule has 1 aliphatic carbocycles. The largest absolute Gasteiger partial charge is 0.478 e. The second-order valence-electron chi connectivity index (χ2n) is 6.91. The smallest absolute Gasteiger partial charge is 0.338 e. The van der Waals surface area contributed by atoms with Gasteiger partial charge in [-0.15, -0.1) is 11.3 Å². The number of carbonyl (C=O) groups is 1. The number of anilines is 1. The van der Waals surface area contributed by atoms with Crippen molar-refractivity contribution in [1.29, 1.82) is 0 Å². The maximum Gasteiger partial charge on any atom is 0.338 e. The van der Waals surface area contributed by atoms with Crippen molar-refractivity contribution in [3.63, 3.8) is 0 Å². The summed E-state index contributed by atoms with van der Waals surface area (Å²) < 4.78 is 12.2. The van der Waals surface area contributed by atoms with Crippen molar-refractivity contribution >= 4 is 28.4 Å². The fraction of sp³-hybridized carbons (Fsp3) is 0.208. The van der Waals surface area contributed by atoms with E-state index in [1.165, 1.54) is 34.6 Å². The van der Waals surface area contributed by atoms with Crippen LogP contribution < -0.4 is 5.32 Å². The van der Waals surface area contributed by atoms with E-state index in [9.17, 15) is 14.3 Å². The second-order valence-corrected chi connectivity index (χ2v) is 7.79. The summed E-state index contributed by atoms with van der Waals surface area (Å²) in [6, 6.07) is 14.7. The molecule has 3 aromatic rings. The Morgan fingerprint density at radius 1 is 1.21 bits per heavy atom. The lowest BCUT2D eigenvalue weighted by Crippen LogP contribution is -2.15. The molecule has 0 saturated carbocycles. The first-order valence-corrected chi connectivity index (χ1v) is 10.4. The molecule has 5 heteroatoms.